The van der Waals surface area contributed by atoms with Gasteiger partial charge in [0.25, 0.3) is 5.91 Å². The molecule has 14 N–H and O–H groups in total. The van der Waals surface area contributed by atoms with Gasteiger partial charge in [0.1, 0.15) is 47.3 Å². The highest BCUT2D eigenvalue weighted by molar-refractivity contribution is 7.99. The summed E-state index contributed by atoms with van der Waals surface area (Å²) in [5.41, 5.74) is 6.94. The number of benzene rings is 3. The number of amides is 10. The zero-order valence-electron chi connectivity index (χ0n) is 48.4. The van der Waals surface area contributed by atoms with Gasteiger partial charge in [-0.15, -0.1) is 11.8 Å². The Morgan fingerprint density at radius 3 is 1.64 bits per heavy atom. The summed E-state index contributed by atoms with van der Waals surface area (Å²) in [6, 6.07) is 12.1. The third kappa shape index (κ3) is 26.9. The van der Waals surface area contributed by atoms with Crippen LogP contribution in [0.5, 0.6) is 5.75 Å². The fourth-order valence-electron chi connectivity index (χ4n) is 8.29. The Bertz CT molecular complexity index is 2770. The first-order valence-electron chi connectivity index (χ1n) is 27.7. The van der Waals surface area contributed by atoms with E-state index < -0.39 is 150 Å². The second-order valence-corrected chi connectivity index (χ2v) is 22.9. The van der Waals surface area contributed by atoms with Crippen molar-refractivity contribution >= 4 is 94.4 Å². The van der Waals surface area contributed by atoms with E-state index in [1.165, 1.54) is 24.3 Å². The number of phenols is 1. The van der Waals surface area contributed by atoms with Crippen molar-refractivity contribution in [3.63, 3.8) is 0 Å². The number of carboxylic acids is 2. The molecule has 3 aromatic rings. The van der Waals surface area contributed by atoms with Crippen molar-refractivity contribution in [1.82, 2.24) is 47.9 Å². The van der Waals surface area contributed by atoms with Gasteiger partial charge in [-0.25, -0.2) is 0 Å². The first kappa shape index (κ1) is 71.0. The number of halogens is 1. The lowest BCUT2D eigenvalue weighted by Crippen LogP contribution is -2.60. The molecule has 25 nitrogen and oxygen atoms in total. The van der Waals surface area contributed by atoms with Crippen LogP contribution in [0.25, 0.3) is 0 Å². The molecule has 0 radical (unpaired) electrons. The molecule has 85 heavy (non-hydrogen) atoms. The van der Waals surface area contributed by atoms with Crippen LogP contribution in [-0.4, -0.2) is 147 Å². The molecule has 0 saturated carbocycles. The van der Waals surface area contributed by atoms with E-state index in [4.69, 9.17) is 17.3 Å². The number of carbonyl (C=O) groups excluding carboxylic acids is 10. The van der Waals surface area contributed by atoms with E-state index in [0.717, 1.165) is 17.3 Å². The number of carbonyl (C=O) groups is 12. The lowest BCUT2D eigenvalue weighted by Gasteiger charge is -2.28. The fraction of sp³-hybridized carbons (Fsp3) is 0.483. The summed E-state index contributed by atoms with van der Waals surface area (Å²) in [6.07, 6.45) is -1.74. The van der Waals surface area contributed by atoms with Gasteiger partial charge in [0, 0.05) is 42.1 Å². The number of nitrogens with two attached hydrogens (primary N) is 1. The number of thioether (sulfide) groups is 1. The molecule has 0 heterocycles. The first-order chi connectivity index (χ1) is 40.1. The second-order valence-electron chi connectivity index (χ2n) is 21.2. The molecule has 0 aliphatic carbocycles. The van der Waals surface area contributed by atoms with Crippen molar-refractivity contribution in [3.05, 3.63) is 101 Å². The van der Waals surface area contributed by atoms with Gasteiger partial charge >= 0.3 is 11.9 Å². The number of rotatable bonds is 37. The molecule has 3 aromatic carbocycles. The van der Waals surface area contributed by atoms with Crippen LogP contribution in [0.4, 0.5) is 0 Å². The van der Waals surface area contributed by atoms with Crippen LogP contribution in [0.3, 0.4) is 0 Å². The van der Waals surface area contributed by atoms with Crippen LogP contribution in [0, 0.1) is 17.8 Å². The monoisotopic (exact) mass is 1220 g/mol. The van der Waals surface area contributed by atoms with Crippen LogP contribution in [0.1, 0.15) is 108 Å². The molecule has 0 spiro atoms. The van der Waals surface area contributed by atoms with Gasteiger partial charge < -0.3 is 68.9 Å². The van der Waals surface area contributed by atoms with E-state index in [1.807, 2.05) is 0 Å². The Kier molecular flexibility index (Phi) is 30.4. The largest absolute Gasteiger partial charge is 0.508 e. The molecule has 0 bridgehead atoms. The van der Waals surface area contributed by atoms with Crippen LogP contribution in [0.2, 0.25) is 5.02 Å². The molecular weight excluding hydrogens is 1140 g/mol. The lowest BCUT2D eigenvalue weighted by molar-refractivity contribution is -0.139. The molecule has 464 valence electrons. The summed E-state index contributed by atoms with van der Waals surface area (Å²) in [4.78, 5) is 159. The Hall–Kier alpha value is -8.26. The Labute approximate surface area is 502 Å². The van der Waals surface area contributed by atoms with Crippen LogP contribution >= 0.6 is 23.4 Å². The van der Waals surface area contributed by atoms with E-state index >= 15 is 0 Å². The van der Waals surface area contributed by atoms with Crippen LogP contribution in [-0.2, 0) is 64.9 Å². The Morgan fingerprint density at radius 2 is 1.08 bits per heavy atom. The summed E-state index contributed by atoms with van der Waals surface area (Å²) < 4.78 is 0. The van der Waals surface area contributed by atoms with Crippen molar-refractivity contribution in [1.29, 1.82) is 0 Å². The predicted octanol–water partition coefficient (Wildman–Crippen LogP) is 1.81. The molecular formula is C58H79ClN10O15S. The van der Waals surface area contributed by atoms with Gasteiger partial charge in [-0.05, 0) is 97.4 Å². The van der Waals surface area contributed by atoms with Crippen molar-refractivity contribution in [3.8, 4) is 5.75 Å². The predicted molar refractivity (Wildman–Crippen MR) is 316 cm³/mol. The maximum absolute atomic E-state index is 14.5. The first-order valence-corrected chi connectivity index (χ1v) is 29.1. The van der Waals surface area contributed by atoms with E-state index in [1.54, 1.807) is 96.1 Å². The SMILES string of the molecule is CC(C)C[C@H](NC(=O)[C@@H](NC(=O)CNC(=O)c1ccccc1)C(C)C)C(=O)N[C@@H](CCCCNC(=O)C[C@@H](SCc1ccc(Cl)cc1)C(=O)O)C(=O)N[C@@H](CCC(=O)O)C(=O)N[C@@H](Cc1ccc(O)cc1)C(=O)NCC(=O)N[C@H](C(N)=O)C(C)C. The number of carboxylic acid groups (broad SMARTS) is 2. The smallest absolute Gasteiger partial charge is 0.317 e. The number of primary amides is 1. The second kappa shape index (κ2) is 36.4. The van der Waals surface area contributed by atoms with Gasteiger partial charge in [-0.1, -0.05) is 95.6 Å². The zero-order chi connectivity index (χ0) is 63.3. The highest BCUT2D eigenvalue weighted by Gasteiger charge is 2.34. The van der Waals surface area contributed by atoms with Gasteiger partial charge in [-0.3, -0.25) is 57.5 Å². The number of aromatic hydroxyl groups is 1. The van der Waals surface area contributed by atoms with Gasteiger partial charge in [0.2, 0.25) is 53.2 Å². The molecule has 0 fully saturated rings. The van der Waals surface area contributed by atoms with Crippen molar-refractivity contribution < 1.29 is 72.9 Å². The Balaban J connectivity index is 1.90. The fourth-order valence-corrected chi connectivity index (χ4v) is 9.42. The molecule has 0 aliphatic rings. The maximum Gasteiger partial charge on any atom is 0.317 e. The molecule has 0 aromatic heterocycles. The quantitative estimate of drug-likeness (QED) is 0.0366. The Morgan fingerprint density at radius 1 is 0.553 bits per heavy atom. The number of hydrogen-bond donors (Lipinski definition) is 13. The average molecular weight is 1220 g/mol. The standard InChI is InChI=1S/C58H79ClN10O15S/c1-32(2)26-42(67-57(82)50(34(5)6)69-47(73)29-62-52(77)37-12-8-7-9-13-37)56(81)64-40(14-10-11-25-61-45(71)28-44(58(83)84)85-31-36-15-19-38(59)20-16-36)54(79)65-41(23-24-48(74)75)55(80)66-43(27-35-17-21-39(70)22-18-35)53(78)63-30-46(72)68-49(33(3)4)51(60)76/h7-9,12-13,15-22,32-34,40-44,49-50,70H,10-11,14,23-31H2,1-6H3,(H2,60,76)(H,61,71)(H,62,77)(H,63,78)(H,64,81)(H,65,79)(H,66,80)(H,67,82)(H,68,72)(H,69,73)(H,74,75)(H,83,84)/t40-,41-,42-,43-,44+,49-,50-/m0/s1. The molecule has 10 amide bonds. The summed E-state index contributed by atoms with van der Waals surface area (Å²) in [7, 11) is 0. The minimum Gasteiger partial charge on any atom is -0.508 e. The van der Waals surface area contributed by atoms with Crippen molar-refractivity contribution in [2.75, 3.05) is 19.6 Å². The summed E-state index contributed by atoms with van der Waals surface area (Å²) in [5.74, 6) is -11.6. The third-order valence-corrected chi connectivity index (χ3v) is 14.5. The highest BCUT2D eigenvalue weighted by Crippen LogP contribution is 2.22. The number of nitrogens with one attached hydrogen (secondary N) is 9. The van der Waals surface area contributed by atoms with Gasteiger partial charge in [0.05, 0.1) is 13.1 Å². The number of unbranched alkanes of at least 4 members (excludes halogenated alkanes) is 1. The maximum atomic E-state index is 14.5. The number of hydrogen-bond acceptors (Lipinski definition) is 14. The van der Waals surface area contributed by atoms with Gasteiger partial charge in [0.15, 0.2) is 0 Å². The summed E-state index contributed by atoms with van der Waals surface area (Å²) in [5, 5.41) is 51.9. The minimum absolute atomic E-state index is 0.00117. The van der Waals surface area contributed by atoms with Crippen molar-refractivity contribution in [2.24, 2.45) is 23.5 Å². The topological polar surface area (TPSA) is 400 Å². The third-order valence-electron chi connectivity index (χ3n) is 12.9. The number of phenolic OH excluding ortho intramolecular Hbond substituents is 1. The molecule has 0 saturated heterocycles. The average Bonchev–Trinajstić information content (AvgIpc) is 3.66. The van der Waals surface area contributed by atoms with Crippen molar-refractivity contribution in [2.45, 2.75) is 140 Å². The lowest BCUT2D eigenvalue weighted by atomic mass is 9.99. The molecule has 7 atom stereocenters. The normalized spacial score (nSPS) is 13.5. The molecule has 3 rings (SSSR count). The summed E-state index contributed by atoms with van der Waals surface area (Å²) >= 11 is 7.02. The van der Waals surface area contributed by atoms with E-state index in [0.29, 0.717) is 16.1 Å². The van der Waals surface area contributed by atoms with E-state index in [-0.39, 0.29) is 62.5 Å². The summed E-state index contributed by atoms with van der Waals surface area (Å²) in [6.45, 7) is 8.95. The van der Waals surface area contributed by atoms with Crippen LogP contribution < -0.4 is 53.6 Å². The number of aliphatic carboxylic acids is 2. The zero-order valence-corrected chi connectivity index (χ0v) is 49.9. The van der Waals surface area contributed by atoms with E-state index in [2.05, 4.69) is 47.9 Å². The molecule has 0 unspecified atom stereocenters. The molecule has 27 heteroatoms. The minimum atomic E-state index is -1.69. The van der Waals surface area contributed by atoms with Gasteiger partial charge in [-0.2, -0.15) is 0 Å². The highest BCUT2D eigenvalue weighted by atomic mass is 35.5. The van der Waals surface area contributed by atoms with E-state index in [9.17, 15) is 72.9 Å². The molecule has 0 aliphatic heterocycles. The van der Waals surface area contributed by atoms with Crippen LogP contribution in [0.15, 0.2) is 78.9 Å².